The van der Waals surface area contributed by atoms with Crippen molar-refractivity contribution in [3.63, 3.8) is 0 Å². The standard InChI is InChI=1S/C16H12N4O2/c21-20(22)14-8-9-16(17-11-14)19-18-10-13-6-3-5-12-4-1-2-7-15(12)13/h1-9,11H,10H2. The van der Waals surface area contributed by atoms with Crippen molar-refractivity contribution in [2.45, 2.75) is 6.54 Å². The largest absolute Gasteiger partial charge is 0.287 e. The highest BCUT2D eigenvalue weighted by Gasteiger charge is 2.04. The number of nitrogens with zero attached hydrogens (tertiary/aromatic N) is 4. The van der Waals surface area contributed by atoms with Crippen molar-refractivity contribution in [1.29, 1.82) is 0 Å². The van der Waals surface area contributed by atoms with Gasteiger partial charge in [-0.15, -0.1) is 5.11 Å². The van der Waals surface area contributed by atoms with Crippen LogP contribution >= 0.6 is 0 Å². The first kappa shape index (κ1) is 13.8. The van der Waals surface area contributed by atoms with Gasteiger partial charge in [-0.05, 0) is 22.4 Å². The number of benzene rings is 2. The lowest BCUT2D eigenvalue weighted by Crippen LogP contribution is -1.87. The first-order chi connectivity index (χ1) is 10.7. The van der Waals surface area contributed by atoms with Gasteiger partial charge < -0.3 is 0 Å². The van der Waals surface area contributed by atoms with Crippen molar-refractivity contribution in [1.82, 2.24) is 4.98 Å². The van der Waals surface area contributed by atoms with Crippen molar-refractivity contribution in [2.75, 3.05) is 0 Å². The van der Waals surface area contributed by atoms with E-state index in [1.165, 1.54) is 18.3 Å². The Labute approximate surface area is 126 Å². The minimum atomic E-state index is -0.496. The summed E-state index contributed by atoms with van der Waals surface area (Å²) in [6, 6.07) is 17.0. The molecule has 0 unspecified atom stereocenters. The highest BCUT2D eigenvalue weighted by Crippen LogP contribution is 2.20. The monoisotopic (exact) mass is 292 g/mol. The summed E-state index contributed by atoms with van der Waals surface area (Å²) in [6.07, 6.45) is 1.17. The molecule has 22 heavy (non-hydrogen) atoms. The van der Waals surface area contributed by atoms with Gasteiger partial charge in [-0.25, -0.2) is 4.98 Å². The third-order valence-electron chi connectivity index (χ3n) is 3.24. The van der Waals surface area contributed by atoms with E-state index < -0.39 is 4.92 Å². The van der Waals surface area contributed by atoms with E-state index in [9.17, 15) is 10.1 Å². The Hall–Kier alpha value is -3.15. The van der Waals surface area contributed by atoms with Crippen molar-refractivity contribution in [2.24, 2.45) is 10.2 Å². The maximum atomic E-state index is 10.5. The number of hydrogen-bond donors (Lipinski definition) is 0. The Balaban J connectivity index is 1.77. The predicted octanol–water partition coefficient (Wildman–Crippen LogP) is 4.43. The summed E-state index contributed by atoms with van der Waals surface area (Å²) in [5, 5.41) is 21.0. The van der Waals surface area contributed by atoms with Crippen LogP contribution in [0, 0.1) is 10.1 Å². The molecule has 0 spiro atoms. The molecule has 0 N–H and O–H groups in total. The van der Waals surface area contributed by atoms with Crippen LogP contribution in [0.3, 0.4) is 0 Å². The summed E-state index contributed by atoms with van der Waals surface area (Å²) in [4.78, 5) is 13.9. The molecule has 108 valence electrons. The Bertz CT molecular complexity index is 839. The van der Waals surface area contributed by atoms with Gasteiger partial charge in [-0.1, -0.05) is 42.5 Å². The van der Waals surface area contributed by atoms with E-state index in [1.54, 1.807) is 0 Å². The Morgan fingerprint density at radius 1 is 1.05 bits per heavy atom. The lowest BCUT2D eigenvalue weighted by molar-refractivity contribution is -0.385. The van der Waals surface area contributed by atoms with Gasteiger partial charge in [0.1, 0.15) is 6.20 Å². The van der Waals surface area contributed by atoms with Crippen LogP contribution in [-0.4, -0.2) is 9.91 Å². The average molecular weight is 292 g/mol. The lowest BCUT2D eigenvalue weighted by Gasteiger charge is -2.02. The average Bonchev–Trinajstić information content (AvgIpc) is 2.55. The van der Waals surface area contributed by atoms with Crippen LogP contribution in [0.2, 0.25) is 0 Å². The quantitative estimate of drug-likeness (QED) is 0.405. The molecule has 3 rings (SSSR count). The number of nitro groups is 1. The zero-order chi connectivity index (χ0) is 15.4. The summed E-state index contributed by atoms with van der Waals surface area (Å²) in [5.41, 5.74) is 1.01. The van der Waals surface area contributed by atoms with Gasteiger partial charge in [0.2, 0.25) is 0 Å². The van der Waals surface area contributed by atoms with E-state index in [2.05, 4.69) is 15.2 Å². The Kier molecular flexibility index (Phi) is 3.82. The fourth-order valence-electron chi connectivity index (χ4n) is 2.16. The van der Waals surface area contributed by atoms with Crippen LogP contribution < -0.4 is 0 Å². The van der Waals surface area contributed by atoms with Gasteiger partial charge in [-0.2, -0.15) is 5.11 Å². The van der Waals surface area contributed by atoms with Gasteiger partial charge in [0.15, 0.2) is 5.82 Å². The van der Waals surface area contributed by atoms with Gasteiger partial charge in [0.25, 0.3) is 5.69 Å². The third-order valence-corrected chi connectivity index (χ3v) is 3.24. The zero-order valence-electron chi connectivity index (χ0n) is 11.6. The second-order valence-corrected chi connectivity index (χ2v) is 4.67. The van der Waals surface area contributed by atoms with Crippen LogP contribution in [0.1, 0.15) is 5.56 Å². The number of aromatic nitrogens is 1. The van der Waals surface area contributed by atoms with E-state index in [0.29, 0.717) is 12.4 Å². The lowest BCUT2D eigenvalue weighted by atomic mass is 10.1. The maximum absolute atomic E-state index is 10.5. The molecule has 1 aromatic heterocycles. The van der Waals surface area contributed by atoms with Crippen LogP contribution in [-0.2, 0) is 6.54 Å². The summed E-state index contributed by atoms with van der Waals surface area (Å²) in [5.74, 6) is 0.353. The van der Waals surface area contributed by atoms with Gasteiger partial charge in [-0.3, -0.25) is 10.1 Å². The fourth-order valence-corrected chi connectivity index (χ4v) is 2.16. The normalized spacial score (nSPS) is 11.1. The summed E-state index contributed by atoms with van der Waals surface area (Å²) >= 11 is 0. The van der Waals surface area contributed by atoms with E-state index in [4.69, 9.17) is 0 Å². The van der Waals surface area contributed by atoms with E-state index >= 15 is 0 Å². The van der Waals surface area contributed by atoms with E-state index in [0.717, 1.165) is 16.3 Å². The minimum Gasteiger partial charge on any atom is -0.258 e. The minimum absolute atomic E-state index is 0.0620. The van der Waals surface area contributed by atoms with Crippen LogP contribution in [0.15, 0.2) is 71.0 Å². The SMILES string of the molecule is O=[N+]([O-])c1ccc(N=NCc2cccc3ccccc23)nc1. The van der Waals surface area contributed by atoms with Crippen LogP contribution in [0.4, 0.5) is 11.5 Å². The first-order valence-corrected chi connectivity index (χ1v) is 6.68. The zero-order valence-corrected chi connectivity index (χ0v) is 11.6. The van der Waals surface area contributed by atoms with Crippen molar-refractivity contribution < 1.29 is 4.92 Å². The molecule has 0 aliphatic rings. The fraction of sp³-hybridized carbons (Fsp3) is 0.0625. The first-order valence-electron chi connectivity index (χ1n) is 6.68. The van der Waals surface area contributed by atoms with Gasteiger partial charge in [0.05, 0.1) is 11.5 Å². The van der Waals surface area contributed by atoms with E-state index in [1.807, 2.05) is 42.5 Å². The molecular weight excluding hydrogens is 280 g/mol. The van der Waals surface area contributed by atoms with Crippen LogP contribution in [0.5, 0.6) is 0 Å². The molecule has 0 aliphatic carbocycles. The molecule has 0 saturated carbocycles. The topological polar surface area (TPSA) is 80.8 Å². The van der Waals surface area contributed by atoms with Crippen molar-refractivity contribution in [3.05, 3.63) is 76.5 Å². The van der Waals surface area contributed by atoms with Crippen molar-refractivity contribution in [3.8, 4) is 0 Å². The van der Waals surface area contributed by atoms with Gasteiger partial charge >= 0.3 is 0 Å². The Morgan fingerprint density at radius 2 is 1.86 bits per heavy atom. The molecular formula is C16H12N4O2. The molecule has 0 atom stereocenters. The summed E-state index contributed by atoms with van der Waals surface area (Å²) in [7, 11) is 0. The van der Waals surface area contributed by atoms with E-state index in [-0.39, 0.29) is 5.69 Å². The molecule has 0 saturated heterocycles. The Morgan fingerprint density at radius 3 is 2.64 bits per heavy atom. The highest BCUT2D eigenvalue weighted by atomic mass is 16.6. The van der Waals surface area contributed by atoms with Gasteiger partial charge in [0, 0.05) is 6.07 Å². The molecule has 0 aliphatic heterocycles. The van der Waals surface area contributed by atoms with Crippen molar-refractivity contribution >= 4 is 22.3 Å². The molecule has 0 amide bonds. The molecule has 1 heterocycles. The second-order valence-electron chi connectivity index (χ2n) is 4.67. The number of pyridine rings is 1. The second kappa shape index (κ2) is 6.09. The smallest absolute Gasteiger partial charge is 0.258 e. The highest BCUT2D eigenvalue weighted by molar-refractivity contribution is 5.85. The molecule has 6 nitrogen and oxygen atoms in total. The molecule has 3 aromatic rings. The number of hydrogen-bond acceptors (Lipinski definition) is 5. The maximum Gasteiger partial charge on any atom is 0.287 e. The number of fused-ring (bicyclic) bond motifs is 1. The molecule has 0 radical (unpaired) electrons. The number of rotatable bonds is 4. The summed E-state index contributed by atoms with van der Waals surface area (Å²) in [6.45, 7) is 0.431. The number of azo groups is 1. The molecule has 0 fully saturated rings. The third kappa shape index (κ3) is 2.95. The molecule has 2 aromatic carbocycles. The summed E-state index contributed by atoms with van der Waals surface area (Å²) < 4.78 is 0. The van der Waals surface area contributed by atoms with Crippen LogP contribution in [0.25, 0.3) is 10.8 Å². The predicted molar refractivity (Wildman–Crippen MR) is 83.1 cm³/mol. The molecule has 0 bridgehead atoms. The molecule has 6 heteroatoms.